The number of thiophene rings is 1. The van der Waals surface area contributed by atoms with Gasteiger partial charge in [0.15, 0.2) is 5.01 Å². The summed E-state index contributed by atoms with van der Waals surface area (Å²) in [6, 6.07) is 11.0. The Morgan fingerprint density at radius 3 is 2.56 bits per heavy atom. The lowest BCUT2D eigenvalue weighted by Gasteiger charge is -2.33. The maximum Gasteiger partial charge on any atom is 0.275 e. The van der Waals surface area contributed by atoms with Gasteiger partial charge in [0, 0.05) is 44.4 Å². The first-order valence-electron chi connectivity index (χ1n) is 9.82. The summed E-state index contributed by atoms with van der Waals surface area (Å²) in [7, 11) is -3.46. The largest absolute Gasteiger partial charge is 0.295 e. The second-order valence-corrected chi connectivity index (χ2v) is 11.3. The molecule has 0 unspecified atom stereocenters. The Balaban J connectivity index is 1.32. The normalized spacial score (nSPS) is 16.0. The van der Waals surface area contributed by atoms with Crippen LogP contribution >= 0.6 is 22.7 Å². The number of halogens is 1. The third-order valence-corrected chi connectivity index (χ3v) is 9.42. The zero-order chi connectivity index (χ0) is 22.3. The zero-order valence-corrected chi connectivity index (χ0v) is 19.2. The Hall–Kier alpha value is -2.51. The molecular weight excluding hydrogens is 473 g/mol. The number of nitrogens with zero attached hydrogens (tertiary/aromatic N) is 5. The van der Waals surface area contributed by atoms with Crippen molar-refractivity contribution >= 4 is 37.7 Å². The minimum absolute atomic E-state index is 0.326. The molecular formula is C20H18FN5O3S3. The monoisotopic (exact) mass is 491 g/mol. The molecule has 32 heavy (non-hydrogen) atoms. The van der Waals surface area contributed by atoms with Crippen molar-refractivity contribution in [1.29, 1.82) is 0 Å². The molecule has 1 aliphatic heterocycles. The SMILES string of the molecule is O=c1cc(CN2CCN(S(=O)(=O)c3cccs3)CC2)nc2sc(-c3ccccc3F)nn12. The fourth-order valence-corrected chi connectivity index (χ4v) is 7.09. The number of sulfonamides is 1. The standard InChI is InChI=1S/C20H18FN5O3S3/c21-16-5-2-1-4-15(16)19-23-26-17(27)12-14(22-20(26)31-19)13-24-7-9-25(10-8-24)32(28,29)18-6-3-11-30-18/h1-6,11-12H,7-10,13H2. The third kappa shape index (κ3) is 3.99. The minimum Gasteiger partial charge on any atom is -0.295 e. The van der Waals surface area contributed by atoms with E-state index in [-0.39, 0.29) is 5.56 Å². The molecule has 4 heterocycles. The van der Waals surface area contributed by atoms with Crippen molar-refractivity contribution in [3.05, 3.63) is 69.7 Å². The van der Waals surface area contributed by atoms with Crippen LogP contribution < -0.4 is 5.56 Å². The van der Waals surface area contributed by atoms with Crippen LogP contribution in [0.4, 0.5) is 4.39 Å². The van der Waals surface area contributed by atoms with Crippen molar-refractivity contribution in [2.45, 2.75) is 10.8 Å². The molecule has 1 saturated heterocycles. The van der Waals surface area contributed by atoms with Crippen molar-refractivity contribution in [3.63, 3.8) is 0 Å². The van der Waals surface area contributed by atoms with Gasteiger partial charge in [-0.25, -0.2) is 17.8 Å². The molecule has 3 aromatic heterocycles. The fraction of sp³-hybridized carbons (Fsp3) is 0.250. The van der Waals surface area contributed by atoms with E-state index < -0.39 is 15.8 Å². The van der Waals surface area contributed by atoms with Gasteiger partial charge in [-0.1, -0.05) is 29.5 Å². The molecule has 166 valence electrons. The van der Waals surface area contributed by atoms with Gasteiger partial charge in [0.05, 0.1) is 5.69 Å². The first-order chi connectivity index (χ1) is 15.4. The summed E-state index contributed by atoms with van der Waals surface area (Å²) in [5.41, 5.74) is 0.572. The lowest BCUT2D eigenvalue weighted by atomic mass is 10.2. The van der Waals surface area contributed by atoms with Gasteiger partial charge in [0.1, 0.15) is 10.0 Å². The molecule has 0 radical (unpaired) electrons. The Morgan fingerprint density at radius 1 is 1.06 bits per heavy atom. The molecule has 8 nitrogen and oxygen atoms in total. The number of benzene rings is 1. The molecule has 4 aromatic rings. The molecule has 0 amide bonds. The number of hydrogen-bond donors (Lipinski definition) is 0. The van der Waals surface area contributed by atoms with Crippen LogP contribution in [0.15, 0.2) is 56.8 Å². The zero-order valence-electron chi connectivity index (χ0n) is 16.7. The van der Waals surface area contributed by atoms with Gasteiger partial charge in [-0.15, -0.1) is 11.3 Å². The van der Waals surface area contributed by atoms with E-state index in [1.54, 1.807) is 35.7 Å². The van der Waals surface area contributed by atoms with Crippen LogP contribution in [0.25, 0.3) is 15.5 Å². The predicted molar refractivity (Wildman–Crippen MR) is 121 cm³/mol. The molecule has 1 fully saturated rings. The number of piperazine rings is 1. The van der Waals surface area contributed by atoms with Gasteiger partial charge in [-0.2, -0.15) is 13.9 Å². The van der Waals surface area contributed by atoms with Gasteiger partial charge in [-0.05, 0) is 23.6 Å². The third-order valence-electron chi connectivity index (χ3n) is 5.21. The average Bonchev–Trinajstić information content (AvgIpc) is 3.45. The summed E-state index contributed by atoms with van der Waals surface area (Å²) in [5, 5.41) is 6.36. The fourth-order valence-electron chi connectivity index (χ4n) is 3.58. The second-order valence-electron chi connectivity index (χ2n) is 7.28. The molecule has 0 N–H and O–H groups in total. The molecule has 5 rings (SSSR count). The van der Waals surface area contributed by atoms with Crippen LogP contribution in [0, 0.1) is 5.82 Å². The van der Waals surface area contributed by atoms with Crippen LogP contribution in [-0.4, -0.2) is 58.4 Å². The van der Waals surface area contributed by atoms with Crippen LogP contribution in [-0.2, 0) is 16.6 Å². The van der Waals surface area contributed by atoms with Gasteiger partial charge < -0.3 is 0 Å². The van der Waals surface area contributed by atoms with Crippen molar-refractivity contribution in [2.24, 2.45) is 0 Å². The molecule has 12 heteroatoms. The highest BCUT2D eigenvalue weighted by atomic mass is 32.2. The predicted octanol–water partition coefficient (Wildman–Crippen LogP) is 2.53. The highest BCUT2D eigenvalue weighted by Gasteiger charge is 2.29. The van der Waals surface area contributed by atoms with Crippen molar-refractivity contribution in [3.8, 4) is 10.6 Å². The lowest BCUT2D eigenvalue weighted by molar-refractivity contribution is 0.180. The topological polar surface area (TPSA) is 87.9 Å². The molecule has 0 bridgehead atoms. The lowest BCUT2D eigenvalue weighted by Crippen LogP contribution is -2.48. The summed E-state index contributed by atoms with van der Waals surface area (Å²) in [5.74, 6) is -0.407. The van der Waals surface area contributed by atoms with Gasteiger partial charge >= 0.3 is 0 Å². The van der Waals surface area contributed by atoms with Gasteiger partial charge in [0.25, 0.3) is 15.6 Å². The van der Waals surface area contributed by atoms with E-state index in [4.69, 9.17) is 0 Å². The highest BCUT2D eigenvalue weighted by molar-refractivity contribution is 7.91. The Morgan fingerprint density at radius 2 is 1.84 bits per heavy atom. The number of hydrogen-bond acceptors (Lipinski definition) is 8. The molecule has 1 aliphatic rings. The molecule has 0 spiro atoms. The van der Waals surface area contributed by atoms with E-state index in [9.17, 15) is 17.6 Å². The second kappa shape index (κ2) is 8.45. The van der Waals surface area contributed by atoms with Crippen molar-refractivity contribution in [1.82, 2.24) is 23.8 Å². The molecule has 1 aromatic carbocycles. The van der Waals surface area contributed by atoms with Gasteiger partial charge in [0.2, 0.25) is 4.96 Å². The first kappa shape index (κ1) is 21.3. The highest BCUT2D eigenvalue weighted by Crippen LogP contribution is 2.27. The van der Waals surface area contributed by atoms with Crippen molar-refractivity contribution in [2.75, 3.05) is 26.2 Å². The van der Waals surface area contributed by atoms with Crippen LogP contribution in [0.2, 0.25) is 0 Å². The summed E-state index contributed by atoms with van der Waals surface area (Å²) >= 11 is 2.37. The van der Waals surface area contributed by atoms with Gasteiger partial charge in [-0.3, -0.25) is 9.69 Å². The van der Waals surface area contributed by atoms with E-state index in [1.807, 2.05) is 0 Å². The van der Waals surface area contributed by atoms with E-state index in [0.29, 0.717) is 58.2 Å². The molecule has 0 saturated carbocycles. The Kier molecular flexibility index (Phi) is 5.63. The van der Waals surface area contributed by atoms with Crippen LogP contribution in [0.5, 0.6) is 0 Å². The van der Waals surface area contributed by atoms with Crippen molar-refractivity contribution < 1.29 is 12.8 Å². The van der Waals surface area contributed by atoms with E-state index in [0.717, 1.165) is 11.3 Å². The summed E-state index contributed by atoms with van der Waals surface area (Å²) < 4.78 is 42.5. The Bertz CT molecular complexity index is 1420. The van der Waals surface area contributed by atoms with Crippen LogP contribution in [0.3, 0.4) is 0 Å². The maximum atomic E-state index is 14.1. The van der Waals surface area contributed by atoms with E-state index in [2.05, 4.69) is 15.0 Å². The summed E-state index contributed by atoms with van der Waals surface area (Å²) in [6.45, 7) is 2.24. The minimum atomic E-state index is -3.46. The average molecular weight is 492 g/mol. The molecule has 0 atom stereocenters. The van der Waals surface area contributed by atoms with Crippen LogP contribution in [0.1, 0.15) is 5.69 Å². The number of aromatic nitrogens is 3. The number of fused-ring (bicyclic) bond motifs is 1. The smallest absolute Gasteiger partial charge is 0.275 e. The first-order valence-corrected chi connectivity index (χ1v) is 13.0. The quantitative estimate of drug-likeness (QED) is 0.426. The summed E-state index contributed by atoms with van der Waals surface area (Å²) in [6.07, 6.45) is 0. The number of rotatable bonds is 5. The van der Waals surface area contributed by atoms with E-state index >= 15 is 0 Å². The maximum absolute atomic E-state index is 14.1. The van der Waals surface area contributed by atoms with E-state index in [1.165, 1.54) is 32.3 Å². The molecule has 0 aliphatic carbocycles. The summed E-state index contributed by atoms with van der Waals surface area (Å²) in [4.78, 5) is 19.6. The Labute approximate surface area is 191 Å².